The van der Waals surface area contributed by atoms with Crippen LogP contribution >= 0.6 is 0 Å². The van der Waals surface area contributed by atoms with Crippen LogP contribution < -0.4 is 0 Å². The van der Waals surface area contributed by atoms with Gasteiger partial charge in [-0.25, -0.2) is 4.79 Å². The summed E-state index contributed by atoms with van der Waals surface area (Å²) in [7, 11) is 5.52. The fraction of sp³-hybridized carbons (Fsp3) is 0.809. The van der Waals surface area contributed by atoms with Crippen LogP contribution in [0.3, 0.4) is 0 Å². The van der Waals surface area contributed by atoms with Crippen molar-refractivity contribution in [2.75, 3.05) is 41.0 Å². The molecule has 0 aromatic rings. The zero-order chi connectivity index (χ0) is 40.7. The Balaban J connectivity index is 4.38. The predicted octanol–water partition coefficient (Wildman–Crippen LogP) is 12.2. The Morgan fingerprint density at radius 1 is 0.545 bits per heavy atom. The van der Waals surface area contributed by atoms with Gasteiger partial charge in [0.15, 0.2) is 12.1 Å². The second-order valence-electron chi connectivity index (χ2n) is 16.3. The zero-order valence-corrected chi connectivity index (χ0v) is 36.4. The molecule has 0 aliphatic rings. The Morgan fingerprint density at radius 2 is 0.964 bits per heavy atom. The smallest absolute Gasteiger partial charge is 0.362 e. The number of hydrogen-bond donors (Lipinski definition) is 1. The number of unbranched alkanes of at least 4 members (excludes halogenated alkanes) is 21. The largest absolute Gasteiger partial charge is 0.477 e. The lowest BCUT2D eigenvalue weighted by Crippen LogP contribution is -2.50. The van der Waals surface area contributed by atoms with Crippen molar-refractivity contribution in [3.8, 4) is 0 Å². The van der Waals surface area contributed by atoms with Gasteiger partial charge in [-0.1, -0.05) is 147 Å². The number of likely N-dealkylation sites (N-methyl/N-ethyl adjacent to an activating group) is 1. The normalized spacial score (nSPS) is 13.3. The molecule has 0 rings (SSSR count). The first-order chi connectivity index (χ1) is 26.6. The van der Waals surface area contributed by atoms with Gasteiger partial charge >= 0.3 is 17.9 Å². The summed E-state index contributed by atoms with van der Waals surface area (Å²) in [5.74, 6) is -1.50. The average Bonchev–Trinajstić information content (AvgIpc) is 3.14. The van der Waals surface area contributed by atoms with Gasteiger partial charge in [0.1, 0.15) is 6.61 Å². The molecule has 0 aromatic carbocycles. The highest BCUT2D eigenvalue weighted by molar-refractivity contribution is 5.72. The molecule has 320 valence electrons. The van der Waals surface area contributed by atoms with Crippen LogP contribution in [0.4, 0.5) is 0 Å². The fourth-order valence-electron chi connectivity index (χ4n) is 6.49. The number of hydrogen-bond acceptors (Lipinski definition) is 6. The van der Waals surface area contributed by atoms with Gasteiger partial charge < -0.3 is 23.8 Å². The third kappa shape index (κ3) is 36.9. The minimum Gasteiger partial charge on any atom is -0.477 e. The van der Waals surface area contributed by atoms with Gasteiger partial charge in [-0.2, -0.15) is 0 Å². The van der Waals surface area contributed by atoms with Crippen LogP contribution in [0.1, 0.15) is 194 Å². The number of carbonyl (C=O) groups excluding carboxylic acids is 2. The molecule has 0 bridgehead atoms. The minimum absolute atomic E-state index is 0.0520. The number of carboxylic acids is 1. The molecule has 0 spiro atoms. The van der Waals surface area contributed by atoms with Crippen LogP contribution in [-0.4, -0.2) is 80.6 Å². The maximum Gasteiger partial charge on any atom is 0.362 e. The van der Waals surface area contributed by atoms with E-state index in [0.29, 0.717) is 19.3 Å². The van der Waals surface area contributed by atoms with E-state index in [4.69, 9.17) is 14.2 Å². The first kappa shape index (κ1) is 52.6. The van der Waals surface area contributed by atoms with Crippen LogP contribution in [0.25, 0.3) is 0 Å². The Kier molecular flexibility index (Phi) is 36.7. The molecular weight excluding hydrogens is 691 g/mol. The van der Waals surface area contributed by atoms with E-state index in [2.05, 4.69) is 50.3 Å². The van der Waals surface area contributed by atoms with E-state index in [1.165, 1.54) is 109 Å². The van der Waals surface area contributed by atoms with E-state index >= 15 is 0 Å². The van der Waals surface area contributed by atoms with Gasteiger partial charge in [0, 0.05) is 19.3 Å². The molecular formula is C47H86NO7+. The van der Waals surface area contributed by atoms with E-state index in [0.717, 1.165) is 51.4 Å². The number of nitrogens with zero attached hydrogens (tertiary/aromatic N) is 1. The van der Waals surface area contributed by atoms with Crippen LogP contribution in [0.5, 0.6) is 0 Å². The molecule has 0 saturated heterocycles. The van der Waals surface area contributed by atoms with Gasteiger partial charge in [-0.15, -0.1) is 0 Å². The molecule has 0 fully saturated rings. The SMILES string of the molecule is CCCCCC/C=C/CCCCCCCCCC(=O)OC(COCCC(C(=O)O)[N+](C)(C)C)COC(=O)CCCCC/C=C/C=C/CCCCCCCCC. The minimum atomic E-state index is -0.879. The van der Waals surface area contributed by atoms with Gasteiger partial charge in [0.2, 0.25) is 0 Å². The predicted molar refractivity (Wildman–Crippen MR) is 229 cm³/mol. The Bertz CT molecular complexity index is 1000. The Hall–Kier alpha value is -2.45. The fourth-order valence-corrected chi connectivity index (χ4v) is 6.49. The summed E-state index contributed by atoms with van der Waals surface area (Å²) in [5.41, 5.74) is 0. The molecule has 0 saturated carbocycles. The molecule has 1 N–H and O–H groups in total. The molecule has 8 heteroatoms. The lowest BCUT2D eigenvalue weighted by Gasteiger charge is -2.31. The first-order valence-corrected chi connectivity index (χ1v) is 22.5. The van der Waals surface area contributed by atoms with Crippen LogP contribution in [0, 0.1) is 0 Å². The molecule has 8 nitrogen and oxygen atoms in total. The highest BCUT2D eigenvalue weighted by Crippen LogP contribution is 2.14. The number of quaternary nitrogens is 1. The standard InChI is InChI=1S/C47H85NO7/c1-6-8-10-12-14-16-18-20-22-24-25-27-29-31-33-35-37-45(49)54-42-43(41-53-40-39-44(47(51)52)48(3,4)5)55-46(50)38-36-34-32-30-28-26-23-21-19-17-15-13-11-9-7-2/h17,19,22,24-25,27,43-44H,6-16,18,20-21,23,26,28-42H2,1-5H3/p+1/b19-17+,24-22+,27-25+. The molecule has 0 aliphatic heterocycles. The molecule has 0 aliphatic carbocycles. The van der Waals surface area contributed by atoms with Crippen LogP contribution in [-0.2, 0) is 28.6 Å². The highest BCUT2D eigenvalue weighted by atomic mass is 16.6. The summed E-state index contributed by atoms with van der Waals surface area (Å²) in [4.78, 5) is 37.0. The third-order valence-electron chi connectivity index (χ3n) is 10.0. The maximum absolute atomic E-state index is 12.7. The van der Waals surface area contributed by atoms with Gasteiger partial charge in [-0.05, 0) is 64.2 Å². The van der Waals surface area contributed by atoms with Crippen molar-refractivity contribution < 1.29 is 38.2 Å². The van der Waals surface area contributed by atoms with Crippen molar-refractivity contribution in [1.82, 2.24) is 0 Å². The topological polar surface area (TPSA) is 99.1 Å². The summed E-state index contributed by atoms with van der Waals surface area (Å²) in [6.45, 7) is 4.69. The summed E-state index contributed by atoms with van der Waals surface area (Å²) in [6, 6.07) is -0.618. The monoisotopic (exact) mass is 777 g/mol. The van der Waals surface area contributed by atoms with Gasteiger partial charge in [0.25, 0.3) is 0 Å². The van der Waals surface area contributed by atoms with Crippen LogP contribution in [0.2, 0.25) is 0 Å². The summed E-state index contributed by atoms with van der Waals surface area (Å²) in [6.07, 6.45) is 43.2. The second kappa shape index (κ2) is 38.4. The molecule has 0 heterocycles. The zero-order valence-electron chi connectivity index (χ0n) is 36.4. The molecule has 0 amide bonds. The Morgan fingerprint density at radius 3 is 1.45 bits per heavy atom. The number of carboxylic acid groups (broad SMARTS) is 1. The first-order valence-electron chi connectivity index (χ1n) is 22.5. The van der Waals surface area contributed by atoms with Crippen molar-refractivity contribution >= 4 is 17.9 Å². The van der Waals surface area contributed by atoms with Gasteiger partial charge in [0.05, 0.1) is 34.4 Å². The number of carbonyl (C=O) groups is 3. The van der Waals surface area contributed by atoms with E-state index in [1.807, 2.05) is 21.1 Å². The number of allylic oxidation sites excluding steroid dienone is 6. The molecule has 2 unspecified atom stereocenters. The van der Waals surface area contributed by atoms with Crippen molar-refractivity contribution in [1.29, 1.82) is 0 Å². The van der Waals surface area contributed by atoms with E-state index in [-0.39, 0.29) is 36.2 Å². The summed E-state index contributed by atoms with van der Waals surface area (Å²) >= 11 is 0. The average molecular weight is 777 g/mol. The molecule has 55 heavy (non-hydrogen) atoms. The van der Waals surface area contributed by atoms with Gasteiger partial charge in [-0.3, -0.25) is 9.59 Å². The number of ether oxygens (including phenoxy) is 3. The lowest BCUT2D eigenvalue weighted by atomic mass is 10.1. The van der Waals surface area contributed by atoms with E-state index < -0.39 is 18.1 Å². The summed E-state index contributed by atoms with van der Waals surface area (Å²) < 4.78 is 17.3. The van der Waals surface area contributed by atoms with Crippen molar-refractivity contribution in [3.05, 3.63) is 36.5 Å². The van der Waals surface area contributed by atoms with Crippen molar-refractivity contribution in [2.45, 2.75) is 206 Å². The maximum atomic E-state index is 12.7. The highest BCUT2D eigenvalue weighted by Gasteiger charge is 2.31. The molecule has 2 atom stereocenters. The van der Waals surface area contributed by atoms with E-state index in [9.17, 15) is 19.5 Å². The van der Waals surface area contributed by atoms with E-state index in [1.54, 1.807) is 0 Å². The van der Waals surface area contributed by atoms with Crippen molar-refractivity contribution in [2.24, 2.45) is 0 Å². The number of rotatable bonds is 40. The number of aliphatic carboxylic acids is 1. The second-order valence-corrected chi connectivity index (χ2v) is 16.3. The van der Waals surface area contributed by atoms with Crippen molar-refractivity contribution in [3.63, 3.8) is 0 Å². The Labute approximate surface area is 338 Å². The number of esters is 2. The third-order valence-corrected chi connectivity index (χ3v) is 10.0. The quantitative estimate of drug-likeness (QED) is 0.0217. The molecule has 0 radical (unpaired) electrons. The lowest BCUT2D eigenvalue weighted by molar-refractivity contribution is -0.887. The summed E-state index contributed by atoms with van der Waals surface area (Å²) in [5, 5.41) is 9.62. The van der Waals surface area contributed by atoms with Crippen LogP contribution in [0.15, 0.2) is 36.5 Å². The molecule has 0 aromatic heterocycles.